The van der Waals surface area contributed by atoms with E-state index >= 15 is 0 Å². The maximum Gasteiger partial charge on any atom is 0.277 e. The summed E-state index contributed by atoms with van der Waals surface area (Å²) in [6.45, 7) is 3.98. The summed E-state index contributed by atoms with van der Waals surface area (Å²) >= 11 is 3.07. The Kier molecular flexibility index (Phi) is 6.71. The fraction of sp³-hybridized carbons (Fsp3) is 0.526. The van der Waals surface area contributed by atoms with Crippen LogP contribution in [0.3, 0.4) is 0 Å². The van der Waals surface area contributed by atoms with Crippen molar-refractivity contribution in [2.45, 2.75) is 54.4 Å². The van der Waals surface area contributed by atoms with Gasteiger partial charge < -0.3 is 8.98 Å². The number of rotatable bonds is 8. The molecule has 1 aliphatic heterocycles. The molecular formula is C19H25N5O3S3. The van der Waals surface area contributed by atoms with Gasteiger partial charge in [0.05, 0.1) is 27.4 Å². The van der Waals surface area contributed by atoms with E-state index in [-0.39, 0.29) is 0 Å². The maximum absolute atomic E-state index is 13.0. The average Bonchev–Trinajstić information content (AvgIpc) is 3.36. The normalized spacial score (nSPS) is 15.8. The molecule has 0 amide bonds. The van der Waals surface area contributed by atoms with Crippen LogP contribution in [0.5, 0.6) is 0 Å². The molecule has 3 heterocycles. The summed E-state index contributed by atoms with van der Waals surface area (Å²) in [5.41, 5.74) is 1.62. The molecule has 0 N–H and O–H groups in total. The van der Waals surface area contributed by atoms with Crippen LogP contribution in [-0.2, 0) is 28.1 Å². The Hall–Kier alpha value is -1.56. The molecule has 1 aliphatic rings. The van der Waals surface area contributed by atoms with Crippen molar-refractivity contribution in [1.29, 1.82) is 0 Å². The van der Waals surface area contributed by atoms with Crippen LogP contribution in [0.25, 0.3) is 11.0 Å². The van der Waals surface area contributed by atoms with Gasteiger partial charge in [-0.3, -0.25) is 0 Å². The first-order valence-electron chi connectivity index (χ1n) is 9.96. The van der Waals surface area contributed by atoms with Gasteiger partial charge in [-0.2, -0.15) is 16.1 Å². The quantitative estimate of drug-likeness (QED) is 0.462. The first kappa shape index (κ1) is 21.7. The van der Waals surface area contributed by atoms with Crippen LogP contribution < -0.4 is 0 Å². The number of hydrogen-bond donors (Lipinski definition) is 0. The molecule has 1 aromatic carbocycles. The third-order valence-electron chi connectivity index (χ3n) is 5.11. The number of sulfonamides is 1. The standard InChI is InChI=1S/C19H25N5O3S3/c1-3-24-16-8-7-14(30(25,26)23-9-5-4-6-10-23)11-15(16)20-17(24)12-29-19-22-21-18(27-19)13-28-2/h7-8,11H,3-6,9-10,12-13H2,1-2H3. The molecule has 3 aromatic rings. The third kappa shape index (κ3) is 4.39. The number of fused-ring (bicyclic) bond motifs is 1. The number of aromatic nitrogens is 4. The van der Waals surface area contributed by atoms with Crippen molar-refractivity contribution in [2.24, 2.45) is 0 Å². The van der Waals surface area contributed by atoms with E-state index in [1.165, 1.54) is 11.8 Å². The van der Waals surface area contributed by atoms with Crippen molar-refractivity contribution in [3.63, 3.8) is 0 Å². The van der Waals surface area contributed by atoms with Gasteiger partial charge in [0.15, 0.2) is 0 Å². The van der Waals surface area contributed by atoms with E-state index in [9.17, 15) is 8.42 Å². The second kappa shape index (κ2) is 9.29. The minimum absolute atomic E-state index is 0.315. The van der Waals surface area contributed by atoms with Crippen molar-refractivity contribution < 1.29 is 12.8 Å². The number of nitrogens with zero attached hydrogens (tertiary/aromatic N) is 5. The Balaban J connectivity index is 1.58. The zero-order valence-corrected chi connectivity index (χ0v) is 19.5. The van der Waals surface area contributed by atoms with Gasteiger partial charge in [0, 0.05) is 19.6 Å². The van der Waals surface area contributed by atoms with E-state index in [0.29, 0.717) is 46.1 Å². The fourth-order valence-electron chi connectivity index (χ4n) is 3.64. The van der Waals surface area contributed by atoms with Crippen LogP contribution in [-0.4, -0.2) is 51.8 Å². The summed E-state index contributed by atoms with van der Waals surface area (Å²) < 4.78 is 35.3. The van der Waals surface area contributed by atoms with E-state index in [1.807, 2.05) is 12.3 Å². The minimum Gasteiger partial charge on any atom is -0.415 e. The predicted octanol–water partition coefficient (Wildman–Crippen LogP) is 3.77. The lowest BCUT2D eigenvalue weighted by atomic mass is 10.2. The highest BCUT2D eigenvalue weighted by Gasteiger charge is 2.26. The molecule has 0 atom stereocenters. The largest absolute Gasteiger partial charge is 0.415 e. The molecule has 1 fully saturated rings. The molecule has 30 heavy (non-hydrogen) atoms. The molecule has 162 valence electrons. The Morgan fingerprint density at radius 3 is 2.67 bits per heavy atom. The van der Waals surface area contributed by atoms with Crippen molar-refractivity contribution in [3.8, 4) is 0 Å². The first-order valence-corrected chi connectivity index (χ1v) is 13.8. The molecule has 11 heteroatoms. The molecule has 0 bridgehead atoms. The lowest BCUT2D eigenvalue weighted by Crippen LogP contribution is -2.35. The number of aryl methyl sites for hydroxylation is 1. The van der Waals surface area contributed by atoms with Gasteiger partial charge in [0.2, 0.25) is 15.9 Å². The van der Waals surface area contributed by atoms with Crippen molar-refractivity contribution in [1.82, 2.24) is 24.1 Å². The second-order valence-corrected chi connectivity index (χ2v) is 10.8. The molecule has 2 aromatic heterocycles. The summed E-state index contributed by atoms with van der Waals surface area (Å²) in [7, 11) is -3.48. The van der Waals surface area contributed by atoms with Gasteiger partial charge in [0.25, 0.3) is 5.22 Å². The number of imidazole rings is 1. The number of thioether (sulfide) groups is 2. The monoisotopic (exact) mass is 467 g/mol. The molecule has 8 nitrogen and oxygen atoms in total. The Labute approximate surface area is 184 Å². The molecule has 4 rings (SSSR count). The first-order chi connectivity index (χ1) is 14.5. The van der Waals surface area contributed by atoms with E-state index < -0.39 is 10.0 Å². The minimum atomic E-state index is -3.48. The highest BCUT2D eigenvalue weighted by Crippen LogP contribution is 2.28. The van der Waals surface area contributed by atoms with Crippen molar-refractivity contribution in [2.75, 3.05) is 19.3 Å². The van der Waals surface area contributed by atoms with E-state index in [0.717, 1.165) is 37.1 Å². The van der Waals surface area contributed by atoms with Gasteiger partial charge in [-0.05, 0) is 44.2 Å². The highest BCUT2D eigenvalue weighted by molar-refractivity contribution is 7.98. The summed E-state index contributed by atoms with van der Waals surface area (Å²) in [5.74, 6) is 2.73. The lowest BCUT2D eigenvalue weighted by molar-refractivity contribution is 0.346. The van der Waals surface area contributed by atoms with E-state index in [4.69, 9.17) is 9.40 Å². The van der Waals surface area contributed by atoms with Crippen LogP contribution in [0, 0.1) is 0 Å². The summed E-state index contributed by atoms with van der Waals surface area (Å²) in [6.07, 6.45) is 4.91. The van der Waals surface area contributed by atoms with Crippen LogP contribution in [0.15, 0.2) is 32.7 Å². The topological polar surface area (TPSA) is 94.1 Å². The predicted molar refractivity (Wildman–Crippen MR) is 119 cm³/mol. The Bertz CT molecular complexity index is 1120. The molecule has 0 spiro atoms. The van der Waals surface area contributed by atoms with Gasteiger partial charge in [-0.15, -0.1) is 10.2 Å². The van der Waals surface area contributed by atoms with Crippen molar-refractivity contribution in [3.05, 3.63) is 29.9 Å². The molecule has 0 unspecified atom stereocenters. The van der Waals surface area contributed by atoms with Crippen molar-refractivity contribution >= 4 is 44.6 Å². The second-order valence-electron chi connectivity index (χ2n) is 7.07. The Morgan fingerprint density at radius 1 is 1.13 bits per heavy atom. The molecule has 0 aliphatic carbocycles. The zero-order chi connectivity index (χ0) is 21.1. The number of piperidine rings is 1. The maximum atomic E-state index is 13.0. The summed E-state index contributed by atoms with van der Waals surface area (Å²) in [6, 6.07) is 5.26. The smallest absolute Gasteiger partial charge is 0.277 e. The zero-order valence-electron chi connectivity index (χ0n) is 17.1. The Morgan fingerprint density at radius 2 is 1.93 bits per heavy atom. The van der Waals surface area contributed by atoms with Gasteiger partial charge >= 0.3 is 0 Å². The molecular weight excluding hydrogens is 442 g/mol. The van der Waals surface area contributed by atoms with Gasteiger partial charge in [-0.1, -0.05) is 18.2 Å². The number of benzene rings is 1. The summed E-state index contributed by atoms with van der Waals surface area (Å²) in [4.78, 5) is 5.04. The summed E-state index contributed by atoms with van der Waals surface area (Å²) in [5, 5.41) is 8.61. The van der Waals surface area contributed by atoms with Gasteiger partial charge in [0.1, 0.15) is 5.82 Å². The SMILES string of the molecule is CCn1c(CSc2nnc(CSC)o2)nc2cc(S(=O)(=O)N3CCCCC3)ccc21. The number of hydrogen-bond acceptors (Lipinski definition) is 8. The lowest BCUT2D eigenvalue weighted by Gasteiger charge is -2.25. The van der Waals surface area contributed by atoms with E-state index in [1.54, 1.807) is 28.2 Å². The highest BCUT2D eigenvalue weighted by atomic mass is 32.2. The molecule has 0 radical (unpaired) electrons. The third-order valence-corrected chi connectivity index (χ3v) is 8.35. The molecule has 0 saturated carbocycles. The molecule has 1 saturated heterocycles. The van der Waals surface area contributed by atoms with Crippen LogP contribution in [0.4, 0.5) is 0 Å². The van der Waals surface area contributed by atoms with Crippen LogP contribution in [0.2, 0.25) is 0 Å². The van der Waals surface area contributed by atoms with Gasteiger partial charge in [-0.25, -0.2) is 13.4 Å². The van der Waals surface area contributed by atoms with Crippen LogP contribution in [0.1, 0.15) is 37.9 Å². The van der Waals surface area contributed by atoms with Crippen LogP contribution >= 0.6 is 23.5 Å². The fourth-order valence-corrected chi connectivity index (χ4v) is 6.27. The van der Waals surface area contributed by atoms with E-state index in [2.05, 4.69) is 21.7 Å². The average molecular weight is 468 g/mol.